The molecular formula is C15H18N4OS. The number of nitrogens with zero attached hydrogens (tertiary/aromatic N) is 4. The second kappa shape index (κ2) is 7.25. The average molecular weight is 302 g/mol. The minimum Gasteiger partial charge on any atom is -0.396 e. The van der Waals surface area contributed by atoms with E-state index in [-0.39, 0.29) is 11.9 Å². The van der Waals surface area contributed by atoms with E-state index >= 15 is 0 Å². The van der Waals surface area contributed by atoms with Crippen molar-refractivity contribution in [3.63, 3.8) is 0 Å². The van der Waals surface area contributed by atoms with Crippen molar-refractivity contribution in [2.75, 3.05) is 6.61 Å². The van der Waals surface area contributed by atoms with E-state index in [1.54, 1.807) is 12.1 Å². The van der Waals surface area contributed by atoms with Crippen LogP contribution in [-0.2, 0) is 13.0 Å². The zero-order chi connectivity index (χ0) is 15.2. The van der Waals surface area contributed by atoms with Crippen LogP contribution in [0.25, 0.3) is 0 Å². The summed E-state index contributed by atoms with van der Waals surface area (Å²) in [7, 11) is 0. The summed E-state index contributed by atoms with van der Waals surface area (Å²) in [5.74, 6) is 1.66. The summed E-state index contributed by atoms with van der Waals surface area (Å²) >= 11 is 4.65. The first kappa shape index (κ1) is 15.5. The lowest BCUT2D eigenvalue weighted by Crippen LogP contribution is -2.09. The molecule has 0 amide bonds. The van der Waals surface area contributed by atoms with Crippen LogP contribution in [0.15, 0.2) is 24.3 Å². The number of aliphatic hydroxyl groups excluding tert-OH is 1. The molecule has 21 heavy (non-hydrogen) atoms. The van der Waals surface area contributed by atoms with Crippen molar-refractivity contribution in [1.29, 1.82) is 5.26 Å². The largest absolute Gasteiger partial charge is 0.396 e. The van der Waals surface area contributed by atoms with Crippen molar-refractivity contribution in [3.05, 3.63) is 47.0 Å². The minimum atomic E-state index is -0.187. The zero-order valence-corrected chi connectivity index (χ0v) is 12.8. The van der Waals surface area contributed by atoms with Crippen molar-refractivity contribution in [1.82, 2.24) is 14.8 Å². The van der Waals surface area contributed by atoms with Gasteiger partial charge in [-0.2, -0.15) is 17.9 Å². The van der Waals surface area contributed by atoms with Gasteiger partial charge >= 0.3 is 0 Å². The number of aliphatic hydroxyl groups is 1. The van der Waals surface area contributed by atoms with Gasteiger partial charge in [-0.1, -0.05) is 12.1 Å². The van der Waals surface area contributed by atoms with Crippen LogP contribution in [0.3, 0.4) is 0 Å². The molecule has 1 unspecified atom stereocenters. The molecule has 2 aromatic rings. The molecule has 0 bridgehead atoms. The molecule has 0 aliphatic carbocycles. The lowest BCUT2D eigenvalue weighted by molar-refractivity contribution is 0.287. The fourth-order valence-corrected chi connectivity index (χ4v) is 2.57. The molecule has 6 heteroatoms. The second-order valence-electron chi connectivity index (χ2n) is 4.68. The van der Waals surface area contributed by atoms with E-state index in [9.17, 15) is 0 Å². The highest BCUT2D eigenvalue weighted by Gasteiger charge is 2.18. The average Bonchev–Trinajstić information content (AvgIpc) is 2.95. The fraction of sp³-hybridized carbons (Fsp3) is 0.400. The smallest absolute Gasteiger partial charge is 0.150 e. The van der Waals surface area contributed by atoms with Crippen molar-refractivity contribution >= 4 is 12.6 Å². The van der Waals surface area contributed by atoms with Gasteiger partial charge in [0.05, 0.1) is 16.9 Å². The van der Waals surface area contributed by atoms with Crippen LogP contribution in [0.4, 0.5) is 0 Å². The highest BCUT2D eigenvalue weighted by molar-refractivity contribution is 7.80. The number of aryl methyl sites for hydroxylation is 1. The van der Waals surface area contributed by atoms with Gasteiger partial charge in [0.2, 0.25) is 0 Å². The maximum Gasteiger partial charge on any atom is 0.150 e. The van der Waals surface area contributed by atoms with Gasteiger partial charge in [-0.25, -0.2) is 0 Å². The van der Waals surface area contributed by atoms with Crippen LogP contribution in [0.5, 0.6) is 0 Å². The molecule has 0 radical (unpaired) electrons. The van der Waals surface area contributed by atoms with Crippen LogP contribution in [0.1, 0.15) is 41.4 Å². The molecule has 0 fully saturated rings. The van der Waals surface area contributed by atoms with Crippen molar-refractivity contribution < 1.29 is 5.11 Å². The Morgan fingerprint density at radius 3 is 2.62 bits per heavy atom. The maximum absolute atomic E-state index is 8.94. The number of hydrogen-bond acceptors (Lipinski definition) is 5. The predicted octanol–water partition coefficient (Wildman–Crippen LogP) is 2.11. The van der Waals surface area contributed by atoms with Crippen LogP contribution < -0.4 is 0 Å². The Morgan fingerprint density at radius 2 is 2.05 bits per heavy atom. The van der Waals surface area contributed by atoms with Gasteiger partial charge in [0.25, 0.3) is 0 Å². The number of thiol groups is 1. The summed E-state index contributed by atoms with van der Waals surface area (Å²) in [5, 5.41) is 26.0. The summed E-state index contributed by atoms with van der Waals surface area (Å²) in [6.07, 6.45) is 1.37. The molecule has 0 aliphatic rings. The Bertz CT molecular complexity index is 630. The van der Waals surface area contributed by atoms with Crippen molar-refractivity contribution in [2.24, 2.45) is 0 Å². The number of hydrogen-bond donors (Lipinski definition) is 2. The van der Waals surface area contributed by atoms with Crippen LogP contribution in [0, 0.1) is 11.3 Å². The van der Waals surface area contributed by atoms with Crippen LogP contribution >= 0.6 is 12.6 Å². The summed E-state index contributed by atoms with van der Waals surface area (Å²) < 4.78 is 2.03. The minimum absolute atomic E-state index is 0.145. The molecule has 1 aromatic heterocycles. The maximum atomic E-state index is 8.94. The van der Waals surface area contributed by atoms with Gasteiger partial charge in [-0.15, -0.1) is 10.2 Å². The molecule has 1 N–H and O–H groups in total. The summed E-state index contributed by atoms with van der Waals surface area (Å²) in [6, 6.07) is 9.43. The first-order valence-corrected chi connectivity index (χ1v) is 7.43. The van der Waals surface area contributed by atoms with Crippen LogP contribution in [-0.4, -0.2) is 26.5 Å². The molecule has 2 rings (SSSR count). The molecule has 1 aromatic carbocycles. The van der Waals surface area contributed by atoms with Gasteiger partial charge in [0.15, 0.2) is 0 Å². The predicted molar refractivity (Wildman–Crippen MR) is 83.1 cm³/mol. The van der Waals surface area contributed by atoms with Crippen LogP contribution in [0.2, 0.25) is 0 Å². The topological polar surface area (TPSA) is 74.7 Å². The lowest BCUT2D eigenvalue weighted by atomic mass is 10.1. The monoisotopic (exact) mass is 302 g/mol. The number of rotatable bonds is 6. The molecule has 110 valence electrons. The van der Waals surface area contributed by atoms with Gasteiger partial charge in [-0.3, -0.25) is 0 Å². The SMILES string of the molecule is CCn1c(CCCO)nnc1C(S)c1ccc(C#N)cc1. The standard InChI is InChI=1S/C15H18N4OS/c1-2-19-13(4-3-9-20)17-18-15(19)14(21)12-7-5-11(10-16)6-8-12/h5-8,14,20-21H,2-4,9H2,1H3. The van der Waals surface area contributed by atoms with E-state index in [4.69, 9.17) is 10.4 Å². The van der Waals surface area contributed by atoms with Gasteiger partial charge < -0.3 is 9.67 Å². The third kappa shape index (κ3) is 3.43. The Balaban J connectivity index is 2.27. The second-order valence-corrected chi connectivity index (χ2v) is 5.20. The van der Waals surface area contributed by atoms with E-state index in [1.807, 2.05) is 23.6 Å². The molecule has 0 spiro atoms. The third-order valence-corrected chi connectivity index (χ3v) is 3.86. The first-order chi connectivity index (χ1) is 10.2. The van der Waals surface area contributed by atoms with Gasteiger partial charge in [0.1, 0.15) is 11.6 Å². The lowest BCUT2D eigenvalue weighted by Gasteiger charge is -2.13. The Hall–Kier alpha value is -1.84. The normalized spacial score (nSPS) is 12.1. The number of aromatic nitrogens is 3. The molecule has 1 atom stereocenters. The van der Waals surface area contributed by atoms with Crippen molar-refractivity contribution in [2.45, 2.75) is 31.6 Å². The third-order valence-electron chi connectivity index (χ3n) is 3.33. The van der Waals surface area contributed by atoms with E-state index in [1.165, 1.54) is 0 Å². The van der Waals surface area contributed by atoms with Crippen molar-refractivity contribution in [3.8, 4) is 6.07 Å². The molecule has 0 aliphatic heterocycles. The van der Waals surface area contributed by atoms with E-state index < -0.39 is 0 Å². The van der Waals surface area contributed by atoms with Gasteiger partial charge in [0, 0.05) is 19.6 Å². The fourth-order valence-electron chi connectivity index (χ4n) is 2.21. The molecule has 0 saturated carbocycles. The number of benzene rings is 1. The highest BCUT2D eigenvalue weighted by atomic mass is 32.1. The number of nitriles is 1. The molecule has 5 nitrogen and oxygen atoms in total. The van der Waals surface area contributed by atoms with E-state index in [2.05, 4.69) is 28.9 Å². The highest BCUT2D eigenvalue weighted by Crippen LogP contribution is 2.27. The summed E-state index contributed by atoms with van der Waals surface area (Å²) in [5.41, 5.74) is 1.60. The van der Waals surface area contributed by atoms with E-state index in [0.717, 1.165) is 23.8 Å². The summed E-state index contributed by atoms with van der Waals surface area (Å²) in [6.45, 7) is 2.94. The summed E-state index contributed by atoms with van der Waals surface area (Å²) in [4.78, 5) is 0. The van der Waals surface area contributed by atoms with E-state index in [0.29, 0.717) is 18.4 Å². The Labute approximate surface area is 129 Å². The molecule has 1 heterocycles. The Kier molecular flexibility index (Phi) is 5.37. The Morgan fingerprint density at radius 1 is 1.33 bits per heavy atom. The quantitative estimate of drug-likeness (QED) is 0.802. The zero-order valence-electron chi connectivity index (χ0n) is 11.9. The van der Waals surface area contributed by atoms with Gasteiger partial charge in [-0.05, 0) is 31.0 Å². The molecular weight excluding hydrogens is 284 g/mol. The first-order valence-electron chi connectivity index (χ1n) is 6.92. The molecule has 0 saturated heterocycles.